The molecule has 172 valence electrons. The van der Waals surface area contributed by atoms with Crippen LogP contribution >= 0.6 is 0 Å². The van der Waals surface area contributed by atoms with Gasteiger partial charge in [-0.05, 0) is 25.0 Å². The number of amides is 2. The van der Waals surface area contributed by atoms with Gasteiger partial charge in [-0.2, -0.15) is 0 Å². The van der Waals surface area contributed by atoms with E-state index in [4.69, 9.17) is 4.74 Å². The number of anilines is 2. The van der Waals surface area contributed by atoms with Gasteiger partial charge in [-0.1, -0.05) is 0 Å². The number of ether oxygens (including phenoxy) is 1. The summed E-state index contributed by atoms with van der Waals surface area (Å²) in [6.45, 7) is 2.40. The molecule has 2 amide bonds. The molecule has 0 atom stereocenters. The molecule has 0 radical (unpaired) electrons. The Balaban J connectivity index is 1.45. The van der Waals surface area contributed by atoms with Crippen molar-refractivity contribution in [3.05, 3.63) is 46.6 Å². The van der Waals surface area contributed by atoms with Crippen molar-refractivity contribution in [3.8, 4) is 5.75 Å². The van der Waals surface area contributed by atoms with Gasteiger partial charge in [0.1, 0.15) is 13.2 Å². The normalized spacial score (nSPS) is 15.5. The molecular formula is C22H25N7O4. The van der Waals surface area contributed by atoms with E-state index >= 15 is 0 Å². The molecule has 2 aliphatic rings. The van der Waals surface area contributed by atoms with Gasteiger partial charge in [0.2, 0.25) is 5.91 Å². The number of fused-ring (bicyclic) bond motifs is 2. The second-order valence-electron chi connectivity index (χ2n) is 8.39. The highest BCUT2D eigenvalue weighted by Crippen LogP contribution is 2.35. The van der Waals surface area contributed by atoms with Gasteiger partial charge in [-0.15, -0.1) is 5.10 Å². The van der Waals surface area contributed by atoms with E-state index in [1.165, 1.54) is 9.30 Å². The lowest BCUT2D eigenvalue weighted by molar-refractivity contribution is -0.129. The summed E-state index contributed by atoms with van der Waals surface area (Å²) < 4.78 is 8.37. The Bertz CT molecular complexity index is 1290. The van der Waals surface area contributed by atoms with Gasteiger partial charge in [0.25, 0.3) is 5.91 Å². The van der Waals surface area contributed by atoms with Crippen LogP contribution in [0.25, 0.3) is 5.65 Å². The van der Waals surface area contributed by atoms with Crippen molar-refractivity contribution < 1.29 is 14.3 Å². The summed E-state index contributed by atoms with van der Waals surface area (Å²) >= 11 is 0. The van der Waals surface area contributed by atoms with E-state index in [9.17, 15) is 14.4 Å². The number of nitrogens with zero attached hydrogens (tertiary/aromatic N) is 7. The molecule has 0 saturated carbocycles. The largest absolute Gasteiger partial charge is 0.488 e. The number of pyridine rings is 2. The Morgan fingerprint density at radius 2 is 1.94 bits per heavy atom. The zero-order valence-electron chi connectivity index (χ0n) is 18.6. The summed E-state index contributed by atoms with van der Waals surface area (Å²) in [6, 6.07) is 5.33. The van der Waals surface area contributed by atoms with Crippen LogP contribution in [-0.2, 0) is 11.3 Å². The Hall–Kier alpha value is -3.89. The maximum absolute atomic E-state index is 12.7. The molecule has 0 aromatic carbocycles. The SMILES string of the molecule is CN(C)C(=O)Cn1nc2cc(N3CCOc4cc(C(=O)N5CCCC5)cnc43)ccn2c1=O. The van der Waals surface area contributed by atoms with E-state index in [0.29, 0.717) is 35.9 Å². The quantitative estimate of drug-likeness (QED) is 0.576. The van der Waals surface area contributed by atoms with Gasteiger partial charge in [-0.3, -0.25) is 14.0 Å². The minimum absolute atomic E-state index is 0.0258. The first-order chi connectivity index (χ1) is 15.9. The van der Waals surface area contributed by atoms with Crippen LogP contribution in [0.3, 0.4) is 0 Å². The molecule has 11 heteroatoms. The van der Waals surface area contributed by atoms with Gasteiger partial charge in [0.15, 0.2) is 17.2 Å². The first-order valence-electron chi connectivity index (χ1n) is 10.9. The summed E-state index contributed by atoms with van der Waals surface area (Å²) in [4.78, 5) is 47.1. The predicted octanol–water partition coefficient (Wildman–Crippen LogP) is 0.746. The number of likely N-dealkylation sites (tertiary alicyclic amines) is 1. The van der Waals surface area contributed by atoms with Crippen LogP contribution in [0.1, 0.15) is 23.2 Å². The van der Waals surface area contributed by atoms with Gasteiger partial charge >= 0.3 is 5.69 Å². The van der Waals surface area contributed by atoms with Crippen molar-refractivity contribution >= 4 is 29.0 Å². The van der Waals surface area contributed by atoms with E-state index in [1.807, 2.05) is 9.80 Å². The number of rotatable bonds is 4. The van der Waals surface area contributed by atoms with Crippen molar-refractivity contribution in [2.24, 2.45) is 0 Å². The van der Waals surface area contributed by atoms with Crippen molar-refractivity contribution in [2.75, 3.05) is 45.2 Å². The predicted molar refractivity (Wildman–Crippen MR) is 120 cm³/mol. The van der Waals surface area contributed by atoms with Gasteiger partial charge < -0.3 is 19.4 Å². The fourth-order valence-corrected chi connectivity index (χ4v) is 4.12. The molecule has 0 spiro atoms. The minimum atomic E-state index is -0.377. The summed E-state index contributed by atoms with van der Waals surface area (Å²) in [7, 11) is 3.27. The number of likely N-dealkylation sites (N-methyl/N-ethyl adjacent to an activating group) is 1. The first kappa shape index (κ1) is 21.0. The third-order valence-electron chi connectivity index (χ3n) is 5.96. The minimum Gasteiger partial charge on any atom is -0.488 e. The number of carbonyl (C=O) groups is 2. The fourth-order valence-electron chi connectivity index (χ4n) is 4.12. The molecule has 5 rings (SSSR count). The average Bonchev–Trinajstić information content (AvgIpc) is 3.46. The third-order valence-corrected chi connectivity index (χ3v) is 5.96. The highest BCUT2D eigenvalue weighted by Gasteiger charge is 2.26. The molecule has 1 fully saturated rings. The topological polar surface area (TPSA) is 105 Å². The summed E-state index contributed by atoms with van der Waals surface area (Å²) in [5, 5.41) is 4.32. The summed E-state index contributed by atoms with van der Waals surface area (Å²) in [5.41, 5.74) is 1.35. The number of aromatic nitrogens is 4. The molecule has 0 unspecified atom stereocenters. The van der Waals surface area contributed by atoms with Crippen LogP contribution in [0.5, 0.6) is 5.75 Å². The highest BCUT2D eigenvalue weighted by molar-refractivity contribution is 5.95. The molecular weight excluding hydrogens is 426 g/mol. The van der Waals surface area contributed by atoms with Crippen molar-refractivity contribution in [1.82, 2.24) is 29.0 Å². The molecule has 2 aliphatic heterocycles. The number of hydrogen-bond acceptors (Lipinski definition) is 7. The monoisotopic (exact) mass is 451 g/mol. The van der Waals surface area contributed by atoms with E-state index in [2.05, 4.69) is 10.1 Å². The van der Waals surface area contributed by atoms with Crippen molar-refractivity contribution in [2.45, 2.75) is 19.4 Å². The number of hydrogen-bond donors (Lipinski definition) is 0. The second kappa shape index (κ2) is 8.23. The molecule has 1 saturated heterocycles. The molecule has 11 nitrogen and oxygen atoms in total. The van der Waals surface area contributed by atoms with Gasteiger partial charge in [0, 0.05) is 51.3 Å². The highest BCUT2D eigenvalue weighted by atomic mass is 16.5. The van der Waals surface area contributed by atoms with Crippen LogP contribution in [0.15, 0.2) is 35.4 Å². The van der Waals surface area contributed by atoms with Crippen LogP contribution in [0.4, 0.5) is 11.5 Å². The van der Waals surface area contributed by atoms with E-state index in [1.54, 1.807) is 44.7 Å². The van der Waals surface area contributed by atoms with Gasteiger partial charge in [-0.25, -0.2) is 14.5 Å². The first-order valence-corrected chi connectivity index (χ1v) is 10.9. The molecule has 0 bridgehead atoms. The van der Waals surface area contributed by atoms with Gasteiger partial charge in [0.05, 0.1) is 12.1 Å². The zero-order chi connectivity index (χ0) is 23.1. The van der Waals surface area contributed by atoms with E-state index < -0.39 is 0 Å². The Labute approximate surface area is 189 Å². The molecule has 5 heterocycles. The second-order valence-corrected chi connectivity index (χ2v) is 8.39. The summed E-state index contributed by atoms with van der Waals surface area (Å²) in [6.07, 6.45) is 5.28. The smallest absolute Gasteiger partial charge is 0.350 e. The Morgan fingerprint density at radius 3 is 2.70 bits per heavy atom. The van der Waals surface area contributed by atoms with Crippen LogP contribution in [0.2, 0.25) is 0 Å². The lowest BCUT2D eigenvalue weighted by Gasteiger charge is -2.30. The van der Waals surface area contributed by atoms with Crippen LogP contribution in [0, 0.1) is 0 Å². The molecule has 0 aliphatic carbocycles. The third kappa shape index (κ3) is 3.79. The molecule has 3 aromatic rings. The Kier molecular flexibility index (Phi) is 5.23. The maximum atomic E-state index is 12.7. The average molecular weight is 451 g/mol. The molecule has 0 N–H and O–H groups in total. The van der Waals surface area contributed by atoms with E-state index in [-0.39, 0.29) is 24.0 Å². The van der Waals surface area contributed by atoms with E-state index in [0.717, 1.165) is 36.3 Å². The molecule has 3 aromatic heterocycles. The van der Waals surface area contributed by atoms with Crippen LogP contribution < -0.4 is 15.3 Å². The van der Waals surface area contributed by atoms with Crippen LogP contribution in [-0.4, -0.2) is 81.1 Å². The number of carbonyl (C=O) groups excluding carboxylic acids is 2. The lowest BCUT2D eigenvalue weighted by Crippen LogP contribution is -2.32. The standard InChI is InChI=1S/C22H25N7O4/c1-25(2)19(30)14-29-22(32)28-8-5-16(12-18(28)24-29)27-9-10-33-17-11-15(13-23-20(17)27)21(31)26-6-3-4-7-26/h5,8,11-13H,3-4,6-7,9-10,14H2,1-2H3. The van der Waals surface area contributed by atoms with Crippen molar-refractivity contribution in [1.29, 1.82) is 0 Å². The zero-order valence-corrected chi connectivity index (χ0v) is 18.6. The fraction of sp³-hybridized carbons (Fsp3) is 0.409. The lowest BCUT2D eigenvalue weighted by atomic mass is 10.2. The summed E-state index contributed by atoms with van der Waals surface area (Å²) in [5.74, 6) is 0.909. The molecule has 33 heavy (non-hydrogen) atoms. The van der Waals surface area contributed by atoms with Crippen molar-refractivity contribution in [3.63, 3.8) is 0 Å². The Morgan fingerprint density at radius 1 is 1.15 bits per heavy atom. The maximum Gasteiger partial charge on any atom is 0.350 e.